The average Bonchev–Trinajstić information content (AvgIpc) is 3.90. The van der Waals surface area contributed by atoms with Crippen LogP contribution in [0, 0.1) is 0 Å². The molecule has 0 unspecified atom stereocenters. The third-order valence-electron chi connectivity index (χ3n) is 11.9. The molecule has 12 rings (SSSR count). The van der Waals surface area contributed by atoms with Gasteiger partial charge in [0.05, 0.1) is 44.5 Å². The fraction of sp³-hybridized carbons (Fsp3) is 0.0769. The fourth-order valence-corrected chi connectivity index (χ4v) is 9.19. The van der Waals surface area contributed by atoms with Crippen molar-refractivity contribution in [3.8, 4) is 50.9 Å². The zero-order valence-electron chi connectivity index (χ0n) is 32.3. The lowest BCUT2D eigenvalue weighted by Gasteiger charge is -2.20. The molecule has 4 aromatic heterocycles. The van der Waals surface area contributed by atoms with Crippen LogP contribution in [0.25, 0.3) is 94.1 Å². The Morgan fingerprint density at radius 3 is 2.07 bits per heavy atom. The molecule has 0 spiro atoms. The van der Waals surface area contributed by atoms with E-state index in [1.807, 2.05) is 42.9 Å². The molecule has 0 bridgehead atoms. The molecule has 11 aromatic rings. The van der Waals surface area contributed by atoms with Crippen molar-refractivity contribution in [2.24, 2.45) is 0 Å². The van der Waals surface area contributed by atoms with Crippen molar-refractivity contribution in [2.75, 3.05) is 0 Å². The molecule has 6 nitrogen and oxygen atoms in total. The summed E-state index contributed by atoms with van der Waals surface area (Å²) in [5, 5.41) is 4.79. The zero-order chi connectivity index (χ0) is 38.7. The van der Waals surface area contributed by atoms with Crippen LogP contribution in [0.15, 0.2) is 170 Å². The normalized spacial score (nSPS) is 12.4. The molecule has 0 saturated heterocycles. The van der Waals surface area contributed by atoms with Crippen LogP contribution in [-0.4, -0.2) is 23.7 Å². The van der Waals surface area contributed by atoms with E-state index in [1.165, 1.54) is 49.6 Å². The van der Waals surface area contributed by atoms with Gasteiger partial charge in [-0.15, -0.1) is 0 Å². The predicted molar refractivity (Wildman–Crippen MR) is 237 cm³/mol. The molecule has 1 aliphatic rings. The van der Waals surface area contributed by atoms with Gasteiger partial charge in [0, 0.05) is 51.0 Å². The first-order chi connectivity index (χ1) is 28.4. The van der Waals surface area contributed by atoms with Gasteiger partial charge in [-0.3, -0.25) is 9.13 Å². The summed E-state index contributed by atoms with van der Waals surface area (Å²) in [5.74, 6) is 2.36. The second-order valence-electron chi connectivity index (χ2n) is 16.4. The molecule has 0 atom stereocenters. The topological polar surface area (TPSA) is 49.8 Å². The maximum atomic E-state index is 6.71. The molecule has 0 radical (unpaired) electrons. The van der Waals surface area contributed by atoms with Gasteiger partial charge >= 0.3 is 0 Å². The standard InChI is InChI=1S/C52H37N5O/c1-52(2,3)32-24-25-53-50(26-32)56-47-28-35(58-34-13-10-12-33(27-34)55-31-54-44-19-7-9-21-46(44)55)22-23-39(47)43-30-49-42(29-48(43)56)37-15-5-4-14-36(37)40-17-11-18-41-38-16-6-8-20-45(38)57(49)51(40)41/h4-31H,1-3H3. The van der Waals surface area contributed by atoms with Gasteiger partial charge in [0.15, 0.2) is 0 Å². The van der Waals surface area contributed by atoms with E-state index in [-0.39, 0.29) is 5.41 Å². The van der Waals surface area contributed by atoms with Crippen LogP contribution < -0.4 is 4.74 Å². The van der Waals surface area contributed by atoms with E-state index in [9.17, 15) is 0 Å². The highest BCUT2D eigenvalue weighted by Gasteiger charge is 2.27. The number of ether oxygens (including phenoxy) is 1. The number of aromatic nitrogens is 5. The van der Waals surface area contributed by atoms with Crippen molar-refractivity contribution in [1.29, 1.82) is 0 Å². The number of pyridine rings is 1. The molecule has 0 fully saturated rings. The summed E-state index contributed by atoms with van der Waals surface area (Å²) in [6.45, 7) is 6.75. The van der Waals surface area contributed by atoms with Crippen molar-refractivity contribution in [2.45, 2.75) is 26.2 Å². The molecule has 6 heteroatoms. The second kappa shape index (κ2) is 12.0. The van der Waals surface area contributed by atoms with Crippen molar-refractivity contribution < 1.29 is 4.74 Å². The number of hydrogen-bond acceptors (Lipinski definition) is 3. The highest BCUT2D eigenvalue weighted by molar-refractivity contribution is 6.18. The fourth-order valence-electron chi connectivity index (χ4n) is 9.19. The lowest BCUT2D eigenvalue weighted by Crippen LogP contribution is -2.12. The monoisotopic (exact) mass is 747 g/mol. The maximum Gasteiger partial charge on any atom is 0.137 e. The van der Waals surface area contributed by atoms with Gasteiger partial charge in [0.25, 0.3) is 0 Å². The van der Waals surface area contributed by atoms with Crippen LogP contribution in [0.5, 0.6) is 11.5 Å². The molecule has 0 saturated carbocycles. The first-order valence-electron chi connectivity index (χ1n) is 19.8. The van der Waals surface area contributed by atoms with E-state index in [0.717, 1.165) is 61.5 Å². The van der Waals surface area contributed by atoms with Crippen LogP contribution >= 0.6 is 0 Å². The third-order valence-corrected chi connectivity index (χ3v) is 11.9. The minimum Gasteiger partial charge on any atom is -0.457 e. The van der Waals surface area contributed by atoms with Gasteiger partial charge in [0.2, 0.25) is 0 Å². The molecule has 7 aromatic carbocycles. The highest BCUT2D eigenvalue weighted by Crippen LogP contribution is 2.49. The van der Waals surface area contributed by atoms with Crippen LogP contribution in [0.2, 0.25) is 0 Å². The van der Waals surface area contributed by atoms with Crippen LogP contribution in [0.4, 0.5) is 0 Å². The van der Waals surface area contributed by atoms with Crippen molar-refractivity contribution in [3.05, 3.63) is 176 Å². The van der Waals surface area contributed by atoms with E-state index < -0.39 is 0 Å². The quantitative estimate of drug-likeness (QED) is 0.180. The minimum atomic E-state index is -0.0566. The summed E-state index contributed by atoms with van der Waals surface area (Å²) in [4.78, 5) is 9.67. The van der Waals surface area contributed by atoms with Gasteiger partial charge < -0.3 is 9.30 Å². The number of hydrogen-bond donors (Lipinski definition) is 0. The average molecular weight is 748 g/mol. The molecule has 58 heavy (non-hydrogen) atoms. The van der Waals surface area contributed by atoms with Gasteiger partial charge in [0.1, 0.15) is 23.6 Å². The van der Waals surface area contributed by atoms with E-state index in [2.05, 4.69) is 167 Å². The molecule has 276 valence electrons. The van der Waals surface area contributed by atoms with Crippen molar-refractivity contribution in [1.82, 2.24) is 23.7 Å². The van der Waals surface area contributed by atoms with Crippen LogP contribution in [0.1, 0.15) is 26.3 Å². The molecule has 5 heterocycles. The SMILES string of the molecule is CC(C)(C)c1ccnc(-n2c3cc(Oc4cccc(-n5cnc6ccccc65)c4)ccc3c3cc4c(cc32)-c2ccccc2-c2cccc3c5ccccc5n-4c23)c1. The molecular formula is C52H37N5O. The predicted octanol–water partition coefficient (Wildman–Crippen LogP) is 13.4. The molecular weight excluding hydrogens is 711 g/mol. The van der Waals surface area contributed by atoms with Gasteiger partial charge in [-0.05, 0) is 88.8 Å². The Balaban J connectivity index is 1.11. The van der Waals surface area contributed by atoms with Crippen LogP contribution in [0.3, 0.4) is 0 Å². The number of benzene rings is 7. The summed E-state index contributed by atoms with van der Waals surface area (Å²) < 4.78 is 13.6. The number of nitrogens with zero attached hydrogens (tertiary/aromatic N) is 5. The summed E-state index contributed by atoms with van der Waals surface area (Å²) in [7, 11) is 0. The van der Waals surface area contributed by atoms with Crippen LogP contribution in [-0.2, 0) is 5.41 Å². The number of fused-ring (bicyclic) bond motifs is 12. The van der Waals surface area contributed by atoms with E-state index in [0.29, 0.717) is 0 Å². The van der Waals surface area contributed by atoms with E-state index in [4.69, 9.17) is 9.72 Å². The first kappa shape index (κ1) is 32.8. The summed E-state index contributed by atoms with van der Waals surface area (Å²) in [6.07, 6.45) is 3.81. The van der Waals surface area contributed by atoms with Crippen molar-refractivity contribution in [3.63, 3.8) is 0 Å². The first-order valence-corrected chi connectivity index (χ1v) is 19.8. The minimum absolute atomic E-state index is 0.0566. The molecule has 0 amide bonds. The molecule has 0 aliphatic carbocycles. The Morgan fingerprint density at radius 2 is 1.19 bits per heavy atom. The largest absolute Gasteiger partial charge is 0.457 e. The summed E-state index contributed by atoms with van der Waals surface area (Å²) >= 11 is 0. The second-order valence-corrected chi connectivity index (χ2v) is 16.4. The van der Waals surface area contributed by atoms with Gasteiger partial charge in [-0.2, -0.15) is 0 Å². The van der Waals surface area contributed by atoms with Gasteiger partial charge in [-0.1, -0.05) is 99.6 Å². The Kier molecular flexibility index (Phi) is 6.80. The number of imidazole rings is 1. The Labute approximate surface area is 334 Å². The van der Waals surface area contributed by atoms with Crippen molar-refractivity contribution >= 4 is 54.6 Å². The lowest BCUT2D eigenvalue weighted by molar-refractivity contribution is 0.483. The number of para-hydroxylation sites is 4. The molecule has 0 N–H and O–H groups in total. The summed E-state index contributed by atoms with van der Waals surface area (Å²) in [6, 6.07) is 56.3. The molecule has 1 aliphatic heterocycles. The smallest absolute Gasteiger partial charge is 0.137 e. The maximum absolute atomic E-state index is 6.71. The van der Waals surface area contributed by atoms with E-state index in [1.54, 1.807) is 0 Å². The summed E-state index contributed by atoms with van der Waals surface area (Å²) in [5.41, 5.74) is 14.7. The zero-order valence-corrected chi connectivity index (χ0v) is 32.3. The Bertz CT molecular complexity index is 3480. The Hall–Kier alpha value is -7.44. The number of rotatable bonds is 4. The highest BCUT2D eigenvalue weighted by atomic mass is 16.5. The van der Waals surface area contributed by atoms with Gasteiger partial charge in [-0.25, -0.2) is 9.97 Å². The Morgan fingerprint density at radius 1 is 0.483 bits per heavy atom. The lowest BCUT2D eigenvalue weighted by atomic mass is 9.88. The van der Waals surface area contributed by atoms with E-state index >= 15 is 0 Å². The third kappa shape index (κ3) is 4.78.